The summed E-state index contributed by atoms with van der Waals surface area (Å²) in [6, 6.07) is 20.1. The van der Waals surface area contributed by atoms with Gasteiger partial charge in [-0.2, -0.15) is 5.10 Å². The minimum absolute atomic E-state index is 0.169. The van der Waals surface area contributed by atoms with Crippen LogP contribution < -0.4 is 16.0 Å². The number of carbonyl (C=O) groups is 2. The maximum Gasteiger partial charge on any atom is 0.270 e. The van der Waals surface area contributed by atoms with Crippen molar-refractivity contribution in [3.63, 3.8) is 0 Å². The Hall–Kier alpha value is -5.17. The van der Waals surface area contributed by atoms with E-state index in [1.165, 1.54) is 5.56 Å². The van der Waals surface area contributed by atoms with E-state index in [-0.39, 0.29) is 35.8 Å². The predicted molar refractivity (Wildman–Crippen MR) is 218 cm³/mol. The molecule has 1 fully saturated rings. The van der Waals surface area contributed by atoms with Crippen LogP contribution in [0.3, 0.4) is 0 Å². The number of anilines is 1. The Balaban J connectivity index is 1.12. The van der Waals surface area contributed by atoms with Crippen LogP contribution in [0, 0.1) is 6.92 Å². The first-order valence-electron chi connectivity index (χ1n) is 19.4. The molecule has 0 unspecified atom stereocenters. The van der Waals surface area contributed by atoms with Gasteiger partial charge >= 0.3 is 0 Å². The molecule has 290 valence electrons. The molecule has 1 aliphatic rings. The van der Waals surface area contributed by atoms with E-state index in [0.717, 1.165) is 82.7 Å². The fourth-order valence-corrected chi connectivity index (χ4v) is 7.01. The van der Waals surface area contributed by atoms with Gasteiger partial charge in [0.25, 0.3) is 11.8 Å². The van der Waals surface area contributed by atoms with Crippen molar-refractivity contribution < 1.29 is 14.3 Å². The van der Waals surface area contributed by atoms with Crippen LogP contribution in [0.15, 0.2) is 66.9 Å². The molecule has 0 aliphatic carbocycles. The fraction of sp³-hybridized carbons (Fsp3) is 0.419. The summed E-state index contributed by atoms with van der Waals surface area (Å²) in [5, 5.41) is 15.3. The summed E-state index contributed by atoms with van der Waals surface area (Å²) in [6.07, 6.45) is 4.33. The van der Waals surface area contributed by atoms with Crippen LogP contribution in [-0.2, 0) is 37.3 Å². The Morgan fingerprint density at radius 1 is 0.873 bits per heavy atom. The molecule has 0 saturated carbocycles. The van der Waals surface area contributed by atoms with Gasteiger partial charge in [-0.25, -0.2) is 14.6 Å². The van der Waals surface area contributed by atoms with Crippen molar-refractivity contribution in [1.82, 2.24) is 40.2 Å². The molecule has 3 N–H and O–H groups in total. The summed E-state index contributed by atoms with van der Waals surface area (Å²) in [6.45, 7) is 11.8. The fourth-order valence-electron chi connectivity index (χ4n) is 7.01. The summed E-state index contributed by atoms with van der Waals surface area (Å²) < 4.78 is 7.50. The number of rotatable bonds is 16. The molecule has 1 saturated heterocycles. The van der Waals surface area contributed by atoms with Gasteiger partial charge in [-0.05, 0) is 106 Å². The SMILES string of the molecule is CCc1nc2c(cnn2CC)c(NC2CCOCC2)c1CNC(=O)c1cccc(C(=O)NCc2ccc(C)c(-c3cccc(CN(C)CCN(C)C)c3)c2)n1. The Labute approximate surface area is 324 Å². The smallest absolute Gasteiger partial charge is 0.270 e. The minimum Gasteiger partial charge on any atom is -0.381 e. The Bertz CT molecular complexity index is 2100. The third-order valence-corrected chi connectivity index (χ3v) is 10.2. The molecule has 2 aromatic carbocycles. The van der Waals surface area contributed by atoms with Crippen LogP contribution in [-0.4, -0.2) is 94.9 Å². The van der Waals surface area contributed by atoms with Gasteiger partial charge in [0.1, 0.15) is 11.4 Å². The standard InChI is InChI=1S/C43H55N9O3/c1-7-37-35(40(47-33-17-21-55-22-18-33)36-27-46-52(8-2)41(36)49-37)26-45-43(54)39-14-10-13-38(48-39)42(53)44-25-30-16-15-29(3)34(24-30)32-12-9-11-31(23-32)28-51(6)20-19-50(4)5/h9-16,23-24,27,33H,7-8,17-22,25-26,28H2,1-6H3,(H,44,53)(H,45,54)(H,47,49). The molecule has 6 rings (SSSR count). The minimum atomic E-state index is -0.368. The third-order valence-electron chi connectivity index (χ3n) is 10.2. The molecular weight excluding hydrogens is 691 g/mol. The predicted octanol–water partition coefficient (Wildman–Crippen LogP) is 5.83. The van der Waals surface area contributed by atoms with Crippen LogP contribution in [0.4, 0.5) is 5.69 Å². The van der Waals surface area contributed by atoms with Gasteiger partial charge in [-0.3, -0.25) is 9.59 Å². The van der Waals surface area contributed by atoms with Crippen molar-refractivity contribution >= 4 is 28.5 Å². The topological polar surface area (TPSA) is 130 Å². The molecule has 3 aromatic heterocycles. The number of aromatic nitrogens is 4. The summed E-state index contributed by atoms with van der Waals surface area (Å²) >= 11 is 0. The molecule has 2 amide bonds. The van der Waals surface area contributed by atoms with Gasteiger partial charge in [0.2, 0.25) is 0 Å². The normalized spacial score (nSPS) is 13.5. The second-order valence-corrected chi connectivity index (χ2v) is 14.7. The Morgan fingerprint density at radius 3 is 2.31 bits per heavy atom. The molecule has 0 atom stereocenters. The maximum atomic E-state index is 13.5. The number of hydrogen-bond donors (Lipinski definition) is 3. The first-order valence-corrected chi connectivity index (χ1v) is 19.4. The zero-order chi connectivity index (χ0) is 38.9. The van der Waals surface area contributed by atoms with E-state index in [1.807, 2.05) is 23.9 Å². The largest absolute Gasteiger partial charge is 0.381 e. The lowest BCUT2D eigenvalue weighted by molar-refractivity contribution is 0.0904. The van der Waals surface area contributed by atoms with Gasteiger partial charge < -0.3 is 30.5 Å². The van der Waals surface area contributed by atoms with Crippen molar-refractivity contribution in [1.29, 1.82) is 0 Å². The molecule has 5 aromatic rings. The number of aryl methyl sites for hydroxylation is 3. The third kappa shape index (κ3) is 9.93. The first kappa shape index (κ1) is 39.5. The van der Waals surface area contributed by atoms with Crippen LogP contribution in [0.25, 0.3) is 22.2 Å². The zero-order valence-corrected chi connectivity index (χ0v) is 33.1. The average molecular weight is 746 g/mol. The molecule has 55 heavy (non-hydrogen) atoms. The van der Waals surface area contributed by atoms with Crippen LogP contribution in [0.1, 0.15) is 75.6 Å². The summed E-state index contributed by atoms with van der Waals surface area (Å²) in [5.41, 5.74) is 9.62. The number of benzene rings is 2. The number of hydrogen-bond acceptors (Lipinski definition) is 9. The van der Waals surface area contributed by atoms with Crippen LogP contribution in [0.2, 0.25) is 0 Å². The second-order valence-electron chi connectivity index (χ2n) is 14.7. The molecule has 0 spiro atoms. The molecule has 1 aliphatic heterocycles. The number of nitrogens with zero attached hydrogens (tertiary/aromatic N) is 6. The first-order chi connectivity index (χ1) is 26.6. The number of amides is 2. The van der Waals surface area contributed by atoms with E-state index >= 15 is 0 Å². The zero-order valence-electron chi connectivity index (χ0n) is 33.1. The molecule has 4 heterocycles. The number of pyridine rings is 2. The number of likely N-dealkylation sites (N-methyl/N-ethyl adjacent to an activating group) is 2. The number of ether oxygens (including phenoxy) is 1. The van der Waals surface area contributed by atoms with Gasteiger partial charge in [0, 0.05) is 69.8 Å². The lowest BCUT2D eigenvalue weighted by Gasteiger charge is -2.26. The van der Waals surface area contributed by atoms with Gasteiger partial charge in [0.15, 0.2) is 5.65 Å². The Morgan fingerprint density at radius 2 is 1.60 bits per heavy atom. The quantitative estimate of drug-likeness (QED) is 0.114. The monoisotopic (exact) mass is 745 g/mol. The van der Waals surface area contributed by atoms with E-state index in [1.54, 1.807) is 18.2 Å². The van der Waals surface area contributed by atoms with Crippen molar-refractivity contribution in [2.45, 2.75) is 72.3 Å². The highest BCUT2D eigenvalue weighted by Crippen LogP contribution is 2.31. The molecule has 12 heteroatoms. The van der Waals surface area contributed by atoms with E-state index < -0.39 is 0 Å². The van der Waals surface area contributed by atoms with E-state index in [4.69, 9.17) is 9.72 Å². The highest BCUT2D eigenvalue weighted by Gasteiger charge is 2.23. The molecular formula is C43H55N9O3. The maximum absolute atomic E-state index is 13.5. The van der Waals surface area contributed by atoms with Crippen LogP contribution >= 0.6 is 0 Å². The summed E-state index contributed by atoms with van der Waals surface area (Å²) in [4.78, 5) is 40.9. The number of fused-ring (bicyclic) bond motifs is 1. The van der Waals surface area contributed by atoms with Crippen molar-refractivity contribution in [2.75, 3.05) is 52.8 Å². The van der Waals surface area contributed by atoms with Crippen LogP contribution in [0.5, 0.6) is 0 Å². The molecule has 0 radical (unpaired) electrons. The summed E-state index contributed by atoms with van der Waals surface area (Å²) in [5.74, 6) is -0.717. The molecule has 0 bridgehead atoms. The number of carbonyl (C=O) groups excluding carboxylic acids is 2. The van der Waals surface area contributed by atoms with Crippen molar-refractivity contribution in [2.24, 2.45) is 0 Å². The van der Waals surface area contributed by atoms with Gasteiger partial charge in [0.05, 0.1) is 17.3 Å². The van der Waals surface area contributed by atoms with Crippen molar-refractivity contribution in [3.8, 4) is 11.1 Å². The highest BCUT2D eigenvalue weighted by atomic mass is 16.5. The van der Waals surface area contributed by atoms with E-state index in [2.05, 4.69) is 107 Å². The Kier molecular flexibility index (Phi) is 13.3. The van der Waals surface area contributed by atoms with E-state index in [0.29, 0.717) is 32.7 Å². The van der Waals surface area contributed by atoms with Gasteiger partial charge in [-0.1, -0.05) is 43.3 Å². The highest BCUT2D eigenvalue weighted by molar-refractivity contribution is 5.97. The average Bonchev–Trinajstić information content (AvgIpc) is 3.62. The van der Waals surface area contributed by atoms with Gasteiger partial charge in [-0.15, -0.1) is 0 Å². The van der Waals surface area contributed by atoms with E-state index in [9.17, 15) is 9.59 Å². The summed E-state index contributed by atoms with van der Waals surface area (Å²) in [7, 11) is 6.33. The van der Waals surface area contributed by atoms with Crippen molar-refractivity contribution in [3.05, 3.63) is 106 Å². The lowest BCUT2D eigenvalue weighted by atomic mass is 9.96. The number of nitrogens with one attached hydrogen (secondary N) is 3. The second kappa shape index (κ2) is 18.4. The molecule has 12 nitrogen and oxygen atoms in total. The lowest BCUT2D eigenvalue weighted by Crippen LogP contribution is -2.30.